The lowest BCUT2D eigenvalue weighted by Crippen LogP contribution is -2.48. The molecule has 0 aliphatic carbocycles. The summed E-state index contributed by atoms with van der Waals surface area (Å²) in [6, 6.07) is 10.6. The predicted molar refractivity (Wildman–Crippen MR) is 96.3 cm³/mol. The second-order valence-corrected chi connectivity index (χ2v) is 7.62. The van der Waals surface area contributed by atoms with Crippen molar-refractivity contribution in [3.05, 3.63) is 47.5 Å². The van der Waals surface area contributed by atoms with Crippen LogP contribution in [0.5, 0.6) is 0 Å². The second-order valence-electron chi connectivity index (χ2n) is 5.49. The minimum absolute atomic E-state index is 0.288. The summed E-state index contributed by atoms with van der Waals surface area (Å²) in [5, 5.41) is 6.68. The molecule has 1 N–H and O–H groups in total. The molecule has 1 aromatic carbocycles. The summed E-state index contributed by atoms with van der Waals surface area (Å²) >= 11 is 3.58. The van der Waals surface area contributed by atoms with E-state index in [0.29, 0.717) is 0 Å². The van der Waals surface area contributed by atoms with Crippen LogP contribution in [0.2, 0.25) is 0 Å². The van der Waals surface area contributed by atoms with E-state index in [1.807, 2.05) is 11.8 Å². The standard InChI is InChI=1S/C16H18N4S2/c1-2-5-13(6-3-1)11-22-16(14-17-7-4-8-18-14)12-20-9-10-21-15(20)19-16/h1-3,5-6,9-10H,4,7-8,11-12H2,(H,17,18). The maximum atomic E-state index is 5.03. The van der Waals surface area contributed by atoms with Crippen molar-refractivity contribution in [2.75, 3.05) is 19.6 Å². The van der Waals surface area contributed by atoms with E-state index in [9.17, 15) is 0 Å². The maximum Gasteiger partial charge on any atom is 0.183 e. The molecule has 1 atom stereocenters. The van der Waals surface area contributed by atoms with Gasteiger partial charge in [-0.25, -0.2) is 4.99 Å². The van der Waals surface area contributed by atoms with E-state index >= 15 is 0 Å². The van der Waals surface area contributed by atoms with Crippen molar-refractivity contribution >= 4 is 34.5 Å². The molecule has 1 aromatic rings. The first-order valence-electron chi connectivity index (χ1n) is 7.52. The average Bonchev–Trinajstić information content (AvgIpc) is 3.14. The molecule has 0 saturated carbocycles. The number of thioether (sulfide) groups is 2. The number of rotatable bonds is 4. The van der Waals surface area contributed by atoms with Crippen molar-refractivity contribution in [2.24, 2.45) is 9.98 Å². The van der Waals surface area contributed by atoms with Gasteiger partial charge in [-0.2, -0.15) is 0 Å². The van der Waals surface area contributed by atoms with Gasteiger partial charge in [0, 0.05) is 25.0 Å². The Bertz CT molecular complexity index is 641. The molecule has 3 heterocycles. The van der Waals surface area contributed by atoms with Crippen LogP contribution >= 0.6 is 23.5 Å². The van der Waals surface area contributed by atoms with Crippen molar-refractivity contribution in [2.45, 2.75) is 17.0 Å². The molecule has 114 valence electrons. The molecule has 0 bridgehead atoms. The van der Waals surface area contributed by atoms with Gasteiger partial charge in [-0.15, -0.1) is 11.8 Å². The normalized spacial score (nSPS) is 26.5. The van der Waals surface area contributed by atoms with Gasteiger partial charge < -0.3 is 10.2 Å². The minimum Gasteiger partial charge on any atom is -0.371 e. The first-order valence-corrected chi connectivity index (χ1v) is 9.39. The monoisotopic (exact) mass is 330 g/mol. The third-order valence-electron chi connectivity index (χ3n) is 3.91. The van der Waals surface area contributed by atoms with Crippen LogP contribution in [0.4, 0.5) is 0 Å². The number of benzene rings is 1. The molecule has 3 aliphatic heterocycles. The summed E-state index contributed by atoms with van der Waals surface area (Å²) in [7, 11) is 0. The zero-order valence-electron chi connectivity index (χ0n) is 12.2. The van der Waals surface area contributed by atoms with Gasteiger partial charge in [0.15, 0.2) is 10.0 Å². The van der Waals surface area contributed by atoms with Crippen LogP contribution in [-0.2, 0) is 5.75 Å². The highest BCUT2D eigenvalue weighted by molar-refractivity contribution is 8.16. The van der Waals surface area contributed by atoms with Crippen LogP contribution in [-0.4, -0.2) is 40.4 Å². The lowest BCUT2D eigenvalue weighted by molar-refractivity contribution is 0.563. The molecule has 0 fully saturated rings. The number of hydrogen-bond donors (Lipinski definition) is 1. The molecule has 0 saturated heterocycles. The summed E-state index contributed by atoms with van der Waals surface area (Å²) in [5.74, 6) is 2.00. The third kappa shape index (κ3) is 2.65. The average molecular weight is 330 g/mol. The Labute approximate surface area is 139 Å². The Hall–Kier alpha value is -1.40. The van der Waals surface area contributed by atoms with Crippen LogP contribution in [0.3, 0.4) is 0 Å². The van der Waals surface area contributed by atoms with Crippen LogP contribution in [0.25, 0.3) is 0 Å². The lowest BCUT2D eigenvalue weighted by Gasteiger charge is -2.30. The zero-order valence-corrected chi connectivity index (χ0v) is 13.9. The Morgan fingerprint density at radius 3 is 3.00 bits per heavy atom. The van der Waals surface area contributed by atoms with Crippen molar-refractivity contribution in [3.8, 4) is 0 Å². The lowest BCUT2D eigenvalue weighted by atomic mass is 10.2. The van der Waals surface area contributed by atoms with E-state index in [1.165, 1.54) is 5.56 Å². The molecular weight excluding hydrogens is 312 g/mol. The van der Waals surface area contributed by atoms with Gasteiger partial charge in [0.2, 0.25) is 0 Å². The van der Waals surface area contributed by atoms with Gasteiger partial charge in [-0.05, 0) is 17.4 Å². The molecule has 4 rings (SSSR count). The molecule has 1 unspecified atom stereocenters. The van der Waals surface area contributed by atoms with Gasteiger partial charge in [-0.3, -0.25) is 4.99 Å². The summed E-state index contributed by atoms with van der Waals surface area (Å²) in [6.45, 7) is 2.78. The first-order chi connectivity index (χ1) is 10.9. The van der Waals surface area contributed by atoms with Gasteiger partial charge in [0.05, 0.1) is 6.54 Å². The summed E-state index contributed by atoms with van der Waals surface area (Å²) < 4.78 is 0. The van der Waals surface area contributed by atoms with Crippen molar-refractivity contribution < 1.29 is 0 Å². The Balaban J connectivity index is 1.59. The Morgan fingerprint density at radius 1 is 1.32 bits per heavy atom. The molecular formula is C16H18N4S2. The molecule has 22 heavy (non-hydrogen) atoms. The molecule has 0 amide bonds. The molecule has 0 aromatic heterocycles. The molecule has 3 aliphatic rings. The van der Waals surface area contributed by atoms with Crippen LogP contribution in [0, 0.1) is 0 Å². The van der Waals surface area contributed by atoms with E-state index in [2.05, 4.69) is 52.2 Å². The first kappa shape index (κ1) is 14.2. The summed E-state index contributed by atoms with van der Waals surface area (Å²) in [4.78, 5) is 11.7. The van der Waals surface area contributed by atoms with Gasteiger partial charge >= 0.3 is 0 Å². The number of nitrogens with one attached hydrogen (secondary N) is 1. The SMILES string of the molecule is C1=CN2CC(SCc3ccccc3)(C3=NCCCN3)N=C2S1. The number of hydrogen-bond acceptors (Lipinski definition) is 6. The van der Waals surface area contributed by atoms with E-state index in [0.717, 1.165) is 42.8 Å². The number of nitrogens with zero attached hydrogens (tertiary/aromatic N) is 3. The van der Waals surface area contributed by atoms with Gasteiger partial charge in [0.25, 0.3) is 0 Å². The summed E-state index contributed by atoms with van der Waals surface area (Å²) in [6.07, 6.45) is 3.23. The third-order valence-corrected chi connectivity index (χ3v) is 6.07. The van der Waals surface area contributed by atoms with Crippen molar-refractivity contribution in [3.63, 3.8) is 0 Å². The predicted octanol–water partition coefficient (Wildman–Crippen LogP) is 2.90. The van der Waals surface area contributed by atoms with Crippen molar-refractivity contribution in [1.29, 1.82) is 0 Å². The Morgan fingerprint density at radius 2 is 2.23 bits per heavy atom. The van der Waals surface area contributed by atoms with Crippen LogP contribution in [0.1, 0.15) is 12.0 Å². The van der Waals surface area contributed by atoms with Crippen molar-refractivity contribution in [1.82, 2.24) is 10.2 Å². The fraction of sp³-hybridized carbons (Fsp3) is 0.375. The quantitative estimate of drug-likeness (QED) is 0.921. The number of fused-ring (bicyclic) bond motifs is 1. The number of aliphatic imine (C=N–C) groups is 2. The highest BCUT2D eigenvalue weighted by Crippen LogP contribution is 2.41. The zero-order chi connectivity index (χ0) is 14.8. The summed E-state index contributed by atoms with van der Waals surface area (Å²) in [5.41, 5.74) is 1.33. The minimum atomic E-state index is -0.288. The molecule has 0 spiro atoms. The van der Waals surface area contributed by atoms with E-state index in [4.69, 9.17) is 9.98 Å². The highest BCUT2D eigenvalue weighted by atomic mass is 32.2. The van der Waals surface area contributed by atoms with Crippen LogP contribution in [0.15, 0.2) is 51.9 Å². The van der Waals surface area contributed by atoms with Gasteiger partial charge in [0.1, 0.15) is 5.84 Å². The maximum absolute atomic E-state index is 5.03. The highest BCUT2D eigenvalue weighted by Gasteiger charge is 2.45. The Kier molecular flexibility index (Phi) is 3.88. The fourth-order valence-corrected chi connectivity index (χ4v) is 4.88. The topological polar surface area (TPSA) is 40.0 Å². The fourth-order valence-electron chi connectivity index (χ4n) is 2.77. The van der Waals surface area contributed by atoms with Crippen LogP contribution < -0.4 is 5.32 Å². The molecule has 6 heteroatoms. The van der Waals surface area contributed by atoms with E-state index in [1.54, 1.807) is 11.8 Å². The smallest absolute Gasteiger partial charge is 0.183 e. The number of amidine groups is 2. The van der Waals surface area contributed by atoms with E-state index in [-0.39, 0.29) is 4.87 Å². The second kappa shape index (κ2) is 6.01. The largest absolute Gasteiger partial charge is 0.371 e. The van der Waals surface area contributed by atoms with Gasteiger partial charge in [-0.1, -0.05) is 42.1 Å². The molecule has 4 nitrogen and oxygen atoms in total. The van der Waals surface area contributed by atoms with E-state index < -0.39 is 0 Å². The molecule has 0 radical (unpaired) electrons.